The summed E-state index contributed by atoms with van der Waals surface area (Å²) in [6.07, 6.45) is 5.50. The largest absolute Gasteiger partial charge is 0.354 e. The third-order valence-electron chi connectivity index (χ3n) is 4.60. The van der Waals surface area contributed by atoms with Crippen LogP contribution in [-0.4, -0.2) is 33.7 Å². The summed E-state index contributed by atoms with van der Waals surface area (Å²) in [6.45, 7) is 8.57. The van der Waals surface area contributed by atoms with Gasteiger partial charge in [0.15, 0.2) is 0 Å². The van der Waals surface area contributed by atoms with E-state index in [1.165, 1.54) is 4.31 Å². The highest BCUT2D eigenvalue weighted by molar-refractivity contribution is 7.92. The molecule has 0 aliphatic heterocycles. The number of rotatable bonds is 10. The van der Waals surface area contributed by atoms with E-state index in [2.05, 4.69) is 19.2 Å². The molecule has 0 bridgehead atoms. The van der Waals surface area contributed by atoms with E-state index in [9.17, 15) is 13.2 Å². The molecule has 0 radical (unpaired) electrons. The Bertz CT molecular complexity index is 671. The standard InChI is InChI=1S/C19H32N2O3S/c1-6-8-9-17(7-2)13-20-19(22)14-21(25(5,23)24)18-11-10-15(3)16(4)12-18/h10-12,17H,6-9,13-14H2,1-5H3,(H,20,22)/t17-/m1/s1. The number of hydrogen-bond donors (Lipinski definition) is 1. The van der Waals surface area contributed by atoms with Crippen molar-refractivity contribution >= 4 is 21.6 Å². The first kappa shape index (κ1) is 21.5. The summed E-state index contributed by atoms with van der Waals surface area (Å²) >= 11 is 0. The Labute approximate surface area is 152 Å². The molecular formula is C19H32N2O3S. The summed E-state index contributed by atoms with van der Waals surface area (Å²) in [6, 6.07) is 5.42. The van der Waals surface area contributed by atoms with Crippen molar-refractivity contribution in [1.82, 2.24) is 5.32 Å². The molecule has 1 aromatic rings. The normalized spacial score (nSPS) is 12.7. The summed E-state index contributed by atoms with van der Waals surface area (Å²) in [4.78, 5) is 12.3. The van der Waals surface area contributed by atoms with Crippen LogP contribution in [0.5, 0.6) is 0 Å². The summed E-state index contributed by atoms with van der Waals surface area (Å²) < 4.78 is 25.5. The van der Waals surface area contributed by atoms with Gasteiger partial charge in [-0.2, -0.15) is 0 Å². The van der Waals surface area contributed by atoms with Crippen LogP contribution in [0.25, 0.3) is 0 Å². The van der Waals surface area contributed by atoms with E-state index in [4.69, 9.17) is 0 Å². The monoisotopic (exact) mass is 368 g/mol. The molecule has 25 heavy (non-hydrogen) atoms. The Hall–Kier alpha value is -1.56. The van der Waals surface area contributed by atoms with Crippen LogP contribution in [0.3, 0.4) is 0 Å². The molecule has 1 atom stereocenters. The maximum absolute atomic E-state index is 12.3. The molecule has 5 nitrogen and oxygen atoms in total. The fraction of sp³-hybridized carbons (Fsp3) is 0.632. The predicted molar refractivity (Wildman–Crippen MR) is 104 cm³/mol. The summed E-state index contributed by atoms with van der Waals surface area (Å²) in [5.41, 5.74) is 2.61. The van der Waals surface area contributed by atoms with E-state index >= 15 is 0 Å². The Balaban J connectivity index is 2.79. The summed E-state index contributed by atoms with van der Waals surface area (Å²) in [7, 11) is -3.53. The zero-order valence-electron chi connectivity index (χ0n) is 16.1. The van der Waals surface area contributed by atoms with Crippen LogP contribution in [0.1, 0.15) is 50.7 Å². The second-order valence-electron chi connectivity index (χ2n) is 6.76. The van der Waals surface area contributed by atoms with Gasteiger partial charge in [-0.15, -0.1) is 0 Å². The van der Waals surface area contributed by atoms with Gasteiger partial charge in [0.25, 0.3) is 0 Å². The molecule has 0 heterocycles. The molecule has 0 saturated carbocycles. The lowest BCUT2D eigenvalue weighted by atomic mass is 9.99. The third kappa shape index (κ3) is 7.06. The van der Waals surface area contributed by atoms with Crippen LogP contribution in [0, 0.1) is 19.8 Å². The van der Waals surface area contributed by atoms with Crippen molar-refractivity contribution in [3.05, 3.63) is 29.3 Å². The zero-order chi connectivity index (χ0) is 19.0. The van der Waals surface area contributed by atoms with Crippen LogP contribution < -0.4 is 9.62 Å². The van der Waals surface area contributed by atoms with Crippen molar-refractivity contribution in [2.24, 2.45) is 5.92 Å². The first-order valence-corrected chi connectivity index (χ1v) is 10.9. The number of nitrogens with one attached hydrogen (secondary N) is 1. The number of aryl methyl sites for hydroxylation is 2. The highest BCUT2D eigenvalue weighted by Crippen LogP contribution is 2.21. The average Bonchev–Trinajstić information content (AvgIpc) is 2.54. The van der Waals surface area contributed by atoms with Crippen LogP contribution in [0.2, 0.25) is 0 Å². The van der Waals surface area contributed by atoms with Gasteiger partial charge in [0.1, 0.15) is 6.54 Å². The Morgan fingerprint density at radius 3 is 2.40 bits per heavy atom. The lowest BCUT2D eigenvalue weighted by Gasteiger charge is -2.23. The Kier molecular flexibility index (Phi) is 8.42. The van der Waals surface area contributed by atoms with E-state index in [1.807, 2.05) is 19.9 Å². The molecule has 0 unspecified atom stereocenters. The topological polar surface area (TPSA) is 66.5 Å². The number of benzene rings is 1. The summed E-state index contributed by atoms with van der Waals surface area (Å²) in [5.74, 6) is 0.177. The number of carbonyl (C=O) groups excluding carboxylic acids is 1. The van der Waals surface area contributed by atoms with Crippen molar-refractivity contribution in [2.45, 2.75) is 53.4 Å². The summed E-state index contributed by atoms with van der Waals surface area (Å²) in [5, 5.41) is 2.90. The van der Waals surface area contributed by atoms with Gasteiger partial charge in [-0.1, -0.05) is 39.2 Å². The molecule has 0 fully saturated rings. The van der Waals surface area contributed by atoms with Crippen LogP contribution in [0.4, 0.5) is 5.69 Å². The number of hydrogen-bond acceptors (Lipinski definition) is 3. The van der Waals surface area contributed by atoms with Gasteiger partial charge in [0.2, 0.25) is 15.9 Å². The van der Waals surface area contributed by atoms with Crippen molar-refractivity contribution in [2.75, 3.05) is 23.7 Å². The number of unbranched alkanes of at least 4 members (excludes halogenated alkanes) is 1. The van der Waals surface area contributed by atoms with Gasteiger partial charge >= 0.3 is 0 Å². The number of amides is 1. The van der Waals surface area contributed by atoms with Crippen molar-refractivity contribution in [3.63, 3.8) is 0 Å². The Morgan fingerprint density at radius 2 is 1.88 bits per heavy atom. The quantitative estimate of drug-likeness (QED) is 0.688. The number of anilines is 1. The minimum atomic E-state index is -3.53. The van der Waals surface area contributed by atoms with Crippen molar-refractivity contribution < 1.29 is 13.2 Å². The van der Waals surface area contributed by atoms with Crippen LogP contribution in [0.15, 0.2) is 18.2 Å². The minimum Gasteiger partial charge on any atom is -0.354 e. The first-order valence-electron chi connectivity index (χ1n) is 9.00. The first-order chi connectivity index (χ1) is 11.7. The molecule has 0 spiro atoms. The molecule has 6 heteroatoms. The van der Waals surface area contributed by atoms with E-state index in [0.29, 0.717) is 18.2 Å². The van der Waals surface area contributed by atoms with Gasteiger partial charge in [-0.25, -0.2) is 8.42 Å². The molecule has 0 aromatic heterocycles. The van der Waals surface area contributed by atoms with Gasteiger partial charge < -0.3 is 5.32 Å². The van der Waals surface area contributed by atoms with Crippen molar-refractivity contribution in [3.8, 4) is 0 Å². The molecule has 1 aromatic carbocycles. The van der Waals surface area contributed by atoms with Gasteiger partial charge in [-0.05, 0) is 49.4 Å². The Morgan fingerprint density at radius 1 is 1.20 bits per heavy atom. The minimum absolute atomic E-state index is 0.189. The molecule has 0 aliphatic carbocycles. The van der Waals surface area contributed by atoms with Crippen LogP contribution in [-0.2, 0) is 14.8 Å². The van der Waals surface area contributed by atoms with E-state index in [0.717, 1.165) is 43.1 Å². The van der Waals surface area contributed by atoms with E-state index in [-0.39, 0.29) is 12.5 Å². The maximum atomic E-state index is 12.3. The molecule has 1 N–H and O–H groups in total. The van der Waals surface area contributed by atoms with Gasteiger partial charge in [0, 0.05) is 6.54 Å². The highest BCUT2D eigenvalue weighted by atomic mass is 32.2. The molecule has 0 aliphatic rings. The van der Waals surface area contributed by atoms with Gasteiger partial charge in [0.05, 0.1) is 11.9 Å². The van der Waals surface area contributed by atoms with E-state index in [1.54, 1.807) is 12.1 Å². The SMILES string of the molecule is CCCC[C@@H](CC)CNC(=O)CN(c1ccc(C)c(C)c1)S(C)(=O)=O. The number of sulfonamides is 1. The zero-order valence-corrected chi connectivity index (χ0v) is 16.9. The fourth-order valence-electron chi connectivity index (χ4n) is 2.67. The highest BCUT2D eigenvalue weighted by Gasteiger charge is 2.21. The molecular weight excluding hydrogens is 336 g/mol. The van der Waals surface area contributed by atoms with E-state index < -0.39 is 10.0 Å². The van der Waals surface area contributed by atoms with Crippen LogP contribution >= 0.6 is 0 Å². The molecule has 1 amide bonds. The fourth-order valence-corrected chi connectivity index (χ4v) is 3.52. The van der Waals surface area contributed by atoms with Gasteiger partial charge in [-0.3, -0.25) is 9.10 Å². The molecule has 1 rings (SSSR count). The maximum Gasteiger partial charge on any atom is 0.240 e. The third-order valence-corrected chi connectivity index (χ3v) is 5.74. The number of carbonyl (C=O) groups is 1. The lowest BCUT2D eigenvalue weighted by Crippen LogP contribution is -2.41. The molecule has 142 valence electrons. The molecule has 0 saturated heterocycles. The number of nitrogens with zero attached hydrogens (tertiary/aromatic N) is 1. The van der Waals surface area contributed by atoms with Crippen molar-refractivity contribution in [1.29, 1.82) is 0 Å². The smallest absolute Gasteiger partial charge is 0.240 e. The second-order valence-corrected chi connectivity index (χ2v) is 8.67. The predicted octanol–water partition coefficient (Wildman–Crippen LogP) is 3.40. The second kappa shape index (κ2) is 9.80. The lowest BCUT2D eigenvalue weighted by molar-refractivity contribution is -0.119. The average molecular weight is 369 g/mol.